The second kappa shape index (κ2) is 6.12. The van der Waals surface area contributed by atoms with Gasteiger partial charge in [0.1, 0.15) is 0 Å². The van der Waals surface area contributed by atoms with Crippen LogP contribution in [0.4, 0.5) is 4.39 Å². The van der Waals surface area contributed by atoms with Crippen LogP contribution >= 0.6 is 5.51 Å². The van der Waals surface area contributed by atoms with Gasteiger partial charge in [0.25, 0.3) is 0 Å². The molecule has 0 aliphatic carbocycles. The van der Waals surface area contributed by atoms with Crippen molar-refractivity contribution in [3.8, 4) is 0 Å². The molecule has 0 heterocycles. The molecule has 0 spiro atoms. The predicted molar refractivity (Wildman–Crippen MR) is 90.9 cm³/mol. The van der Waals surface area contributed by atoms with Gasteiger partial charge < -0.3 is 0 Å². The van der Waals surface area contributed by atoms with Crippen molar-refractivity contribution >= 4 is 36.5 Å². The van der Waals surface area contributed by atoms with E-state index in [1.807, 2.05) is 48.5 Å². The number of hydrogen-bond donors (Lipinski definition) is 0. The number of halogens is 1. The molecule has 0 atom stereocenters. The molecule has 0 nitrogen and oxygen atoms in total. The van der Waals surface area contributed by atoms with E-state index < -0.39 is 5.51 Å². The van der Waals surface area contributed by atoms with Crippen molar-refractivity contribution in [1.82, 2.24) is 0 Å². The van der Waals surface area contributed by atoms with Crippen LogP contribution in [0.2, 0.25) is 0 Å². The Bertz CT molecular complexity index is 724. The third-order valence-corrected chi connectivity index (χ3v) is 10.5. The van der Waals surface area contributed by atoms with E-state index >= 15 is 0 Å². The Balaban J connectivity index is 2.26. The molecule has 3 rings (SSSR count). The minimum absolute atomic E-state index is 0.202. The summed E-state index contributed by atoms with van der Waals surface area (Å²) in [5.41, 5.74) is -1.84. The summed E-state index contributed by atoms with van der Waals surface area (Å²) in [6.45, 7) is 0. The molecule has 21 heavy (non-hydrogen) atoms. The van der Waals surface area contributed by atoms with Gasteiger partial charge in [-0.3, -0.25) is 0 Å². The Hall–Kier alpha value is -1.46. The molecule has 3 aromatic rings. The summed E-state index contributed by atoms with van der Waals surface area (Å²) in [6, 6.07) is 27.6. The van der Waals surface area contributed by atoms with Crippen LogP contribution in [-0.4, -0.2) is 15.1 Å². The fourth-order valence-corrected chi connectivity index (χ4v) is 7.32. The van der Waals surface area contributed by atoms with Crippen LogP contribution in [0.3, 0.4) is 0 Å². The molecule has 0 N–H and O–H groups in total. The molecule has 0 saturated heterocycles. The first-order valence-corrected chi connectivity index (χ1v) is 10.7. The molecule has 0 aliphatic heterocycles. The molecule has 0 bridgehead atoms. The van der Waals surface area contributed by atoms with E-state index in [0.29, 0.717) is 0 Å². The quantitative estimate of drug-likeness (QED) is 0.498. The monoisotopic (exact) mass is 360 g/mol. The zero-order chi connectivity index (χ0) is 14.7. The van der Waals surface area contributed by atoms with Gasteiger partial charge in [-0.1, -0.05) is 0 Å². The molecule has 0 aliphatic rings. The zero-order valence-electron chi connectivity index (χ0n) is 11.3. The van der Waals surface area contributed by atoms with Crippen LogP contribution in [0.25, 0.3) is 0 Å². The molecule has 0 fully saturated rings. The van der Waals surface area contributed by atoms with Gasteiger partial charge in [0, 0.05) is 0 Å². The fourth-order valence-electron chi connectivity index (χ4n) is 2.37. The van der Waals surface area contributed by atoms with Crippen molar-refractivity contribution in [2.75, 3.05) is 0 Å². The average molecular weight is 359 g/mol. The average Bonchev–Trinajstić information content (AvgIpc) is 2.56. The molecule has 104 valence electrons. The van der Waals surface area contributed by atoms with Crippen LogP contribution in [0.15, 0.2) is 84.9 Å². The number of rotatable bonds is 3. The van der Waals surface area contributed by atoms with Gasteiger partial charge in [0.05, 0.1) is 0 Å². The Morgan fingerprint density at radius 1 is 0.571 bits per heavy atom. The van der Waals surface area contributed by atoms with E-state index in [2.05, 4.69) is 39.4 Å². The van der Waals surface area contributed by atoms with Crippen LogP contribution in [0.5, 0.6) is 0 Å². The first-order chi connectivity index (χ1) is 10.2. The molecule has 0 radical (unpaired) electrons. The van der Waals surface area contributed by atoms with Gasteiger partial charge in [-0.05, 0) is 0 Å². The van der Waals surface area contributed by atoms with Crippen molar-refractivity contribution in [2.45, 2.75) is 0 Å². The summed E-state index contributed by atoms with van der Waals surface area (Å²) < 4.78 is 13.3. The first-order valence-electron chi connectivity index (χ1n) is 6.69. The Labute approximate surface area is 131 Å². The van der Waals surface area contributed by atoms with E-state index in [1.165, 1.54) is 22.7 Å². The standard InChI is InChI=1S/C18H14FPSe/c19-15-11-13-18(14-12-15)20(21,16-7-3-1-4-8-16)17-9-5-2-6-10-17/h1-14H. The second-order valence-corrected chi connectivity index (χ2v) is 11.0. The first kappa shape index (κ1) is 14.5. The van der Waals surface area contributed by atoms with Crippen LogP contribution in [0, 0.1) is 5.82 Å². The molecular formula is C18H14FPSe. The van der Waals surface area contributed by atoms with Gasteiger partial charge >= 0.3 is 132 Å². The Morgan fingerprint density at radius 2 is 0.952 bits per heavy atom. The summed E-state index contributed by atoms with van der Waals surface area (Å²) in [4.78, 5) is 0. The van der Waals surface area contributed by atoms with Crippen molar-refractivity contribution in [2.24, 2.45) is 0 Å². The third kappa shape index (κ3) is 2.80. The maximum absolute atomic E-state index is 13.3. The number of benzene rings is 3. The van der Waals surface area contributed by atoms with E-state index in [4.69, 9.17) is 0 Å². The maximum atomic E-state index is 13.3. The van der Waals surface area contributed by atoms with Crippen LogP contribution in [0.1, 0.15) is 0 Å². The van der Waals surface area contributed by atoms with Crippen molar-refractivity contribution in [3.05, 3.63) is 90.7 Å². The van der Waals surface area contributed by atoms with Crippen molar-refractivity contribution in [3.63, 3.8) is 0 Å². The van der Waals surface area contributed by atoms with Gasteiger partial charge in [0.2, 0.25) is 0 Å². The Kier molecular flexibility index (Phi) is 4.22. The van der Waals surface area contributed by atoms with Gasteiger partial charge in [-0.2, -0.15) is 0 Å². The van der Waals surface area contributed by atoms with Crippen molar-refractivity contribution < 1.29 is 4.39 Å². The van der Waals surface area contributed by atoms with Crippen LogP contribution < -0.4 is 15.9 Å². The summed E-state index contributed by atoms with van der Waals surface area (Å²) in [6.07, 6.45) is 0. The van der Waals surface area contributed by atoms with E-state index in [9.17, 15) is 4.39 Å². The Morgan fingerprint density at radius 3 is 1.38 bits per heavy atom. The molecule has 0 aromatic heterocycles. The number of hydrogen-bond acceptors (Lipinski definition) is 0. The molecule has 3 heteroatoms. The minimum atomic E-state index is -1.84. The molecular weight excluding hydrogens is 345 g/mol. The SMILES string of the molecule is Fc1ccc(P(=[Se])(c2ccccc2)c2ccccc2)cc1. The third-order valence-electron chi connectivity index (χ3n) is 3.43. The molecule has 0 saturated carbocycles. The summed E-state index contributed by atoms with van der Waals surface area (Å²) in [5, 5.41) is 3.65. The summed E-state index contributed by atoms with van der Waals surface area (Å²) in [5.74, 6) is -0.202. The molecule has 0 unspecified atom stereocenters. The van der Waals surface area contributed by atoms with Gasteiger partial charge in [0.15, 0.2) is 0 Å². The normalized spacial score (nSPS) is 11.3. The van der Waals surface area contributed by atoms with E-state index in [0.717, 1.165) is 5.30 Å². The van der Waals surface area contributed by atoms with E-state index in [1.54, 1.807) is 0 Å². The van der Waals surface area contributed by atoms with Gasteiger partial charge in [-0.25, -0.2) is 0 Å². The van der Waals surface area contributed by atoms with E-state index in [-0.39, 0.29) is 5.82 Å². The summed E-state index contributed by atoms with van der Waals surface area (Å²) in [7, 11) is 0. The van der Waals surface area contributed by atoms with Gasteiger partial charge in [-0.15, -0.1) is 0 Å². The second-order valence-electron chi connectivity index (χ2n) is 4.76. The van der Waals surface area contributed by atoms with Crippen molar-refractivity contribution in [1.29, 1.82) is 0 Å². The predicted octanol–water partition coefficient (Wildman–Crippen LogP) is 3.20. The fraction of sp³-hybridized carbons (Fsp3) is 0. The molecule has 3 aromatic carbocycles. The summed E-state index contributed by atoms with van der Waals surface area (Å²) >= 11 is 3.45. The molecule has 0 amide bonds. The zero-order valence-corrected chi connectivity index (χ0v) is 13.9. The van der Waals surface area contributed by atoms with Crippen LogP contribution in [-0.2, 0) is 0 Å². The topological polar surface area (TPSA) is 0 Å².